The van der Waals surface area contributed by atoms with Gasteiger partial charge in [0, 0.05) is 12.2 Å². The van der Waals surface area contributed by atoms with E-state index in [4.69, 9.17) is 4.74 Å². The molecule has 2 fully saturated rings. The summed E-state index contributed by atoms with van der Waals surface area (Å²) in [6.07, 6.45) is 7.80. The maximum absolute atomic E-state index is 12.4. The van der Waals surface area contributed by atoms with Gasteiger partial charge in [0.1, 0.15) is 6.04 Å². The molecule has 0 bridgehead atoms. The molecular formula is C16H23NO3S. The van der Waals surface area contributed by atoms with Gasteiger partial charge in [0.05, 0.1) is 11.5 Å². The number of carbonyl (C=O) groups is 2. The molecule has 0 spiro atoms. The lowest BCUT2D eigenvalue weighted by Crippen LogP contribution is -2.47. The van der Waals surface area contributed by atoms with Gasteiger partial charge < -0.3 is 9.64 Å². The van der Waals surface area contributed by atoms with Crippen LogP contribution in [0.5, 0.6) is 0 Å². The first-order valence-electron chi connectivity index (χ1n) is 7.79. The molecule has 2 heterocycles. The number of amides is 1. The van der Waals surface area contributed by atoms with Crippen molar-refractivity contribution >= 4 is 23.6 Å². The first-order valence-corrected chi connectivity index (χ1v) is 8.77. The van der Waals surface area contributed by atoms with Gasteiger partial charge >= 0.3 is 5.97 Å². The van der Waals surface area contributed by atoms with Crippen molar-refractivity contribution in [3.63, 3.8) is 0 Å². The highest BCUT2D eigenvalue weighted by atomic mass is 32.2. The summed E-state index contributed by atoms with van der Waals surface area (Å²) in [5.41, 5.74) is 0. The Morgan fingerprint density at radius 1 is 1.48 bits per heavy atom. The summed E-state index contributed by atoms with van der Waals surface area (Å²) in [6.45, 7) is 4.74. The maximum atomic E-state index is 12.4. The molecule has 4 nitrogen and oxygen atoms in total. The predicted molar refractivity (Wildman–Crippen MR) is 82.7 cm³/mol. The zero-order valence-electron chi connectivity index (χ0n) is 12.7. The molecule has 21 heavy (non-hydrogen) atoms. The van der Waals surface area contributed by atoms with E-state index >= 15 is 0 Å². The van der Waals surface area contributed by atoms with Crippen LogP contribution in [0, 0.1) is 11.8 Å². The molecule has 0 aromatic heterocycles. The molecule has 2 aliphatic heterocycles. The molecule has 1 amide bonds. The van der Waals surface area contributed by atoms with E-state index in [1.165, 1.54) is 0 Å². The summed E-state index contributed by atoms with van der Waals surface area (Å²) >= 11 is 1.71. The number of nitrogens with zero attached hydrogens (tertiary/aromatic N) is 1. The fourth-order valence-electron chi connectivity index (χ4n) is 3.52. The van der Waals surface area contributed by atoms with Crippen LogP contribution in [-0.4, -0.2) is 40.0 Å². The average Bonchev–Trinajstić information content (AvgIpc) is 2.95. The lowest BCUT2D eigenvalue weighted by molar-refractivity contribution is -0.155. The number of allylic oxidation sites excluding steroid dienone is 2. The van der Waals surface area contributed by atoms with Crippen LogP contribution >= 0.6 is 11.8 Å². The van der Waals surface area contributed by atoms with Crippen molar-refractivity contribution in [3.05, 3.63) is 12.2 Å². The minimum absolute atomic E-state index is 0.0958. The van der Waals surface area contributed by atoms with Crippen molar-refractivity contribution in [1.29, 1.82) is 0 Å². The zero-order chi connectivity index (χ0) is 15.0. The summed E-state index contributed by atoms with van der Waals surface area (Å²) in [5.74, 6) is 1.51. The monoisotopic (exact) mass is 309 g/mol. The quantitative estimate of drug-likeness (QED) is 0.594. The van der Waals surface area contributed by atoms with E-state index in [1.54, 1.807) is 16.7 Å². The van der Waals surface area contributed by atoms with Gasteiger partial charge in [-0.1, -0.05) is 19.1 Å². The van der Waals surface area contributed by atoms with E-state index in [1.807, 2.05) is 0 Å². The largest absolute Gasteiger partial charge is 0.464 e. The number of carbonyl (C=O) groups excluding carboxylic acids is 2. The third-order valence-electron chi connectivity index (χ3n) is 5.07. The molecule has 3 rings (SSSR count). The molecule has 2 saturated heterocycles. The van der Waals surface area contributed by atoms with E-state index in [0.29, 0.717) is 30.6 Å². The molecule has 0 aromatic rings. The van der Waals surface area contributed by atoms with E-state index < -0.39 is 0 Å². The van der Waals surface area contributed by atoms with Crippen molar-refractivity contribution in [1.82, 2.24) is 4.90 Å². The molecule has 0 radical (unpaired) electrons. The minimum atomic E-state index is -0.385. The molecule has 1 aliphatic carbocycles. The first kappa shape index (κ1) is 14.9. The Hall–Kier alpha value is -0.970. The normalized spacial score (nSPS) is 38.7. The van der Waals surface area contributed by atoms with Gasteiger partial charge in [-0.2, -0.15) is 0 Å². The Morgan fingerprint density at radius 2 is 2.24 bits per heavy atom. The Morgan fingerprint density at radius 3 is 3.00 bits per heavy atom. The highest BCUT2D eigenvalue weighted by Gasteiger charge is 2.53. The van der Waals surface area contributed by atoms with Crippen LogP contribution in [0.3, 0.4) is 0 Å². The van der Waals surface area contributed by atoms with Crippen LogP contribution in [-0.2, 0) is 14.3 Å². The number of rotatable bonds is 3. The van der Waals surface area contributed by atoms with Gasteiger partial charge in [0.15, 0.2) is 0 Å². The van der Waals surface area contributed by atoms with Crippen LogP contribution in [0.4, 0.5) is 0 Å². The van der Waals surface area contributed by atoms with Crippen LogP contribution in [0.25, 0.3) is 0 Å². The second-order valence-corrected chi connectivity index (χ2v) is 8.08. The number of ether oxygens (including phenoxy) is 1. The number of esters is 1. The molecule has 5 heteroatoms. The van der Waals surface area contributed by atoms with Crippen molar-refractivity contribution in [2.75, 3.05) is 12.4 Å². The van der Waals surface area contributed by atoms with Crippen LogP contribution in [0.1, 0.15) is 39.5 Å². The van der Waals surface area contributed by atoms with Gasteiger partial charge in [-0.25, -0.2) is 4.79 Å². The average molecular weight is 309 g/mol. The van der Waals surface area contributed by atoms with Gasteiger partial charge in [0.2, 0.25) is 5.91 Å². The van der Waals surface area contributed by atoms with Crippen LogP contribution in [0.15, 0.2) is 12.2 Å². The first-order chi connectivity index (χ1) is 10.0. The Kier molecular flexibility index (Phi) is 4.04. The molecular weight excluding hydrogens is 286 g/mol. The van der Waals surface area contributed by atoms with E-state index in [-0.39, 0.29) is 22.8 Å². The molecule has 0 saturated carbocycles. The van der Waals surface area contributed by atoms with Crippen LogP contribution in [0.2, 0.25) is 0 Å². The summed E-state index contributed by atoms with van der Waals surface area (Å²) in [5, 5.41) is 0. The molecule has 0 N–H and O–H groups in total. The van der Waals surface area contributed by atoms with Crippen molar-refractivity contribution < 1.29 is 14.3 Å². The van der Waals surface area contributed by atoms with Gasteiger partial charge in [-0.05, 0) is 38.0 Å². The smallest absolute Gasteiger partial charge is 0.329 e. The van der Waals surface area contributed by atoms with Gasteiger partial charge in [-0.3, -0.25) is 4.79 Å². The van der Waals surface area contributed by atoms with Gasteiger partial charge in [-0.15, -0.1) is 11.8 Å². The highest BCUT2D eigenvalue weighted by molar-refractivity contribution is 8.01. The summed E-state index contributed by atoms with van der Waals surface area (Å²) in [6, 6.07) is -0.385. The number of fused-ring (bicyclic) bond motifs is 1. The van der Waals surface area contributed by atoms with E-state index in [2.05, 4.69) is 26.0 Å². The number of hydrogen-bond acceptors (Lipinski definition) is 4. The molecule has 4 unspecified atom stereocenters. The molecule has 4 atom stereocenters. The third-order valence-corrected chi connectivity index (χ3v) is 6.58. The zero-order valence-corrected chi connectivity index (χ0v) is 13.5. The van der Waals surface area contributed by atoms with Gasteiger partial charge in [0.25, 0.3) is 0 Å². The molecule has 0 aromatic carbocycles. The van der Waals surface area contributed by atoms with Crippen molar-refractivity contribution in [2.24, 2.45) is 11.8 Å². The molecule has 116 valence electrons. The van der Waals surface area contributed by atoms with Crippen molar-refractivity contribution in [3.8, 4) is 0 Å². The second-order valence-electron chi connectivity index (χ2n) is 6.58. The van der Waals surface area contributed by atoms with E-state index in [9.17, 15) is 9.59 Å². The van der Waals surface area contributed by atoms with Crippen molar-refractivity contribution in [2.45, 2.75) is 50.4 Å². The SMILES string of the molecule is CC1CC=CCC1COC(=O)C1CSC2(C)CCC(=O)N12. The molecule has 3 aliphatic rings. The topological polar surface area (TPSA) is 46.6 Å². The Bertz CT molecular complexity index is 478. The number of thioether (sulfide) groups is 1. The minimum Gasteiger partial charge on any atom is -0.464 e. The standard InChI is InChI=1S/C16H23NO3S/c1-11-5-3-4-6-12(11)9-20-15(19)13-10-21-16(2)8-7-14(18)17(13)16/h3-4,11-13H,5-10H2,1-2H3. The summed E-state index contributed by atoms with van der Waals surface area (Å²) in [7, 11) is 0. The maximum Gasteiger partial charge on any atom is 0.329 e. The second kappa shape index (κ2) is 5.67. The number of hydrogen-bond donors (Lipinski definition) is 0. The fraction of sp³-hybridized carbons (Fsp3) is 0.750. The lowest BCUT2D eigenvalue weighted by atomic mass is 9.85. The fourth-order valence-corrected chi connectivity index (χ4v) is 4.94. The Balaban J connectivity index is 1.59. The summed E-state index contributed by atoms with van der Waals surface area (Å²) < 4.78 is 5.56. The summed E-state index contributed by atoms with van der Waals surface area (Å²) in [4.78, 5) is 26.0. The lowest BCUT2D eigenvalue weighted by Gasteiger charge is -2.30. The predicted octanol–water partition coefficient (Wildman–Crippen LogP) is 2.59. The Labute approximate surface area is 130 Å². The highest BCUT2D eigenvalue weighted by Crippen LogP contribution is 2.47. The van der Waals surface area contributed by atoms with Crippen LogP contribution < -0.4 is 0 Å². The van der Waals surface area contributed by atoms with E-state index in [0.717, 1.165) is 19.3 Å². The third kappa shape index (κ3) is 2.72.